The van der Waals surface area contributed by atoms with Crippen LogP contribution < -0.4 is 4.74 Å². The van der Waals surface area contributed by atoms with Crippen molar-refractivity contribution in [1.82, 2.24) is 0 Å². The molecule has 4 heteroatoms. The molecule has 6 aromatic rings. The van der Waals surface area contributed by atoms with Crippen molar-refractivity contribution in [2.75, 3.05) is 0 Å². The van der Waals surface area contributed by atoms with E-state index in [0.29, 0.717) is 16.7 Å². The number of alkyl halides is 3. The zero-order chi connectivity index (χ0) is 46.6. The summed E-state index contributed by atoms with van der Waals surface area (Å²) in [6.45, 7) is 14.3. The maximum absolute atomic E-state index is 13.0. The Morgan fingerprint density at radius 2 is 0.723 bits per heavy atom. The van der Waals surface area contributed by atoms with Crippen molar-refractivity contribution in [3.05, 3.63) is 205 Å². The summed E-state index contributed by atoms with van der Waals surface area (Å²) in [5.74, 6) is 24.9. The molecule has 0 aliphatic carbocycles. The lowest BCUT2D eigenvalue weighted by Gasteiger charge is -2.13. The molecule has 0 saturated heterocycles. The van der Waals surface area contributed by atoms with Crippen LogP contribution in [-0.4, -0.2) is 6.36 Å². The first kappa shape index (κ1) is 49.2. The number of halogens is 3. The van der Waals surface area contributed by atoms with Gasteiger partial charge in [0.2, 0.25) is 0 Å². The second-order valence-electron chi connectivity index (χ2n) is 16.7. The van der Waals surface area contributed by atoms with E-state index in [-0.39, 0.29) is 11.3 Å². The third kappa shape index (κ3) is 17.3. The van der Waals surface area contributed by atoms with Gasteiger partial charge >= 0.3 is 6.36 Å². The topological polar surface area (TPSA) is 9.23 Å². The first-order valence-corrected chi connectivity index (χ1v) is 22.6. The summed E-state index contributed by atoms with van der Waals surface area (Å²) in [4.78, 5) is 0. The Morgan fingerprint density at radius 3 is 1.14 bits per heavy atom. The molecule has 0 bridgehead atoms. The van der Waals surface area contributed by atoms with Crippen LogP contribution in [0.5, 0.6) is 5.75 Å². The van der Waals surface area contributed by atoms with Gasteiger partial charge in [-0.3, -0.25) is 0 Å². The van der Waals surface area contributed by atoms with E-state index in [9.17, 15) is 13.2 Å². The molecule has 0 radical (unpaired) electrons. The molecule has 0 atom stereocenters. The van der Waals surface area contributed by atoms with Gasteiger partial charge in [-0.25, -0.2) is 0 Å². The standard InChI is InChI=1S/C35H40.C26H19F3O/c1-5-6-7-8-9-10-11-12-13-34-27-33(23-22-31-18-14-28(2)15-19-31)26-30(4)35(34)25-24-32-20-16-29(3)17-21-32;1-18-4-8-21(9-5-18)12-13-23-16-20(3)24(25(17-23)30-26(27,28)29)15-14-22-10-6-19(2)7-11-22/h14-21,26-27H,5-13H2,1-4H3;4-11,16-17H,1-3H3. The van der Waals surface area contributed by atoms with Crippen LogP contribution in [0.1, 0.15) is 142 Å². The first-order chi connectivity index (χ1) is 31.2. The molecule has 0 N–H and O–H groups in total. The SMILES string of the molecule is CCCCCCCCCCc1cc(C#Cc2ccc(C)cc2)cc(C)c1C#Cc1ccc(C)cc1.Cc1ccc(C#Cc2cc(C)c(C#Cc3ccc(C)cc3)c(OC(F)(F)F)c2)cc1. The van der Waals surface area contributed by atoms with Crippen LogP contribution in [0.25, 0.3) is 0 Å². The van der Waals surface area contributed by atoms with Gasteiger partial charge in [0.05, 0.1) is 5.56 Å². The van der Waals surface area contributed by atoms with Gasteiger partial charge in [-0.05, 0) is 144 Å². The molecule has 0 saturated carbocycles. The van der Waals surface area contributed by atoms with Gasteiger partial charge in [0.1, 0.15) is 5.75 Å². The highest BCUT2D eigenvalue weighted by atomic mass is 19.4. The van der Waals surface area contributed by atoms with Gasteiger partial charge in [0, 0.05) is 38.9 Å². The van der Waals surface area contributed by atoms with Crippen LogP contribution in [0.3, 0.4) is 0 Å². The molecule has 6 aromatic carbocycles. The fraction of sp³-hybridized carbons (Fsp3) is 0.279. The molecule has 0 aliphatic rings. The number of hydrogen-bond donors (Lipinski definition) is 0. The van der Waals surface area contributed by atoms with E-state index < -0.39 is 6.36 Å². The second kappa shape index (κ2) is 24.9. The van der Waals surface area contributed by atoms with E-state index in [1.54, 1.807) is 13.0 Å². The van der Waals surface area contributed by atoms with Crippen LogP contribution in [-0.2, 0) is 6.42 Å². The van der Waals surface area contributed by atoms with E-state index in [4.69, 9.17) is 0 Å². The van der Waals surface area contributed by atoms with Crippen LogP contribution in [0.15, 0.2) is 121 Å². The van der Waals surface area contributed by atoms with Crippen molar-refractivity contribution in [1.29, 1.82) is 0 Å². The van der Waals surface area contributed by atoms with Gasteiger partial charge < -0.3 is 4.74 Å². The lowest BCUT2D eigenvalue weighted by molar-refractivity contribution is -0.274. The van der Waals surface area contributed by atoms with Gasteiger partial charge in [0.15, 0.2) is 0 Å². The monoisotopic (exact) mass is 864 g/mol. The van der Waals surface area contributed by atoms with Gasteiger partial charge in [-0.15, -0.1) is 13.2 Å². The van der Waals surface area contributed by atoms with E-state index in [1.165, 1.54) is 85.3 Å². The maximum atomic E-state index is 13.0. The van der Waals surface area contributed by atoms with Crippen molar-refractivity contribution in [2.24, 2.45) is 0 Å². The normalized spacial score (nSPS) is 10.4. The molecular formula is C61H59F3O. The van der Waals surface area contributed by atoms with E-state index in [0.717, 1.165) is 39.8 Å². The summed E-state index contributed by atoms with van der Waals surface area (Å²) < 4.78 is 43.2. The second-order valence-corrected chi connectivity index (χ2v) is 16.7. The Balaban J connectivity index is 0.000000247. The summed E-state index contributed by atoms with van der Waals surface area (Å²) in [7, 11) is 0. The number of aryl methyl sites for hydroxylation is 7. The minimum Gasteiger partial charge on any atom is -0.404 e. The zero-order valence-corrected chi connectivity index (χ0v) is 39.0. The highest BCUT2D eigenvalue weighted by Gasteiger charge is 2.32. The quantitative estimate of drug-likeness (QED) is 0.0985. The number of benzene rings is 6. The van der Waals surface area contributed by atoms with Crippen LogP contribution in [0, 0.1) is 88.9 Å². The minimum absolute atomic E-state index is 0.189. The highest BCUT2D eigenvalue weighted by Crippen LogP contribution is 2.30. The Kier molecular flexibility index (Phi) is 18.8. The fourth-order valence-corrected chi connectivity index (χ4v) is 7.06. The number of rotatable bonds is 10. The highest BCUT2D eigenvalue weighted by molar-refractivity contribution is 5.59. The predicted molar refractivity (Wildman–Crippen MR) is 264 cm³/mol. The molecule has 0 aliphatic heterocycles. The number of hydrogen-bond acceptors (Lipinski definition) is 1. The van der Waals surface area contributed by atoms with Crippen molar-refractivity contribution in [3.8, 4) is 53.1 Å². The third-order valence-electron chi connectivity index (χ3n) is 10.8. The van der Waals surface area contributed by atoms with E-state index in [2.05, 4.69) is 140 Å². The number of ether oxygens (including phenoxy) is 1. The average Bonchev–Trinajstić information content (AvgIpc) is 3.27. The molecule has 0 spiro atoms. The summed E-state index contributed by atoms with van der Waals surface area (Å²) in [5, 5.41) is 0. The van der Waals surface area contributed by atoms with E-state index >= 15 is 0 Å². The lowest BCUT2D eigenvalue weighted by Crippen LogP contribution is -2.18. The summed E-state index contributed by atoms with van der Waals surface area (Å²) in [5.41, 5.74) is 14.3. The van der Waals surface area contributed by atoms with Crippen molar-refractivity contribution >= 4 is 0 Å². The summed E-state index contributed by atoms with van der Waals surface area (Å²) >= 11 is 0. The molecular weight excluding hydrogens is 806 g/mol. The Morgan fingerprint density at radius 1 is 0.385 bits per heavy atom. The molecule has 0 fully saturated rings. The fourth-order valence-electron chi connectivity index (χ4n) is 7.06. The van der Waals surface area contributed by atoms with Crippen molar-refractivity contribution in [3.63, 3.8) is 0 Å². The smallest absolute Gasteiger partial charge is 0.404 e. The molecule has 0 aromatic heterocycles. The number of unbranched alkanes of at least 4 members (excludes halogenated alkanes) is 7. The van der Waals surface area contributed by atoms with Crippen LogP contribution >= 0.6 is 0 Å². The third-order valence-corrected chi connectivity index (χ3v) is 10.8. The molecule has 0 unspecified atom stereocenters. The Bertz CT molecular complexity index is 2740. The van der Waals surface area contributed by atoms with Crippen molar-refractivity contribution < 1.29 is 17.9 Å². The van der Waals surface area contributed by atoms with Gasteiger partial charge in [-0.2, -0.15) is 0 Å². The van der Waals surface area contributed by atoms with Gasteiger partial charge in [0.25, 0.3) is 0 Å². The van der Waals surface area contributed by atoms with Crippen molar-refractivity contribution in [2.45, 2.75) is 113 Å². The van der Waals surface area contributed by atoms with Gasteiger partial charge in [-0.1, -0.05) is 170 Å². The summed E-state index contributed by atoms with van der Waals surface area (Å²) in [6, 6.07) is 39.4. The summed E-state index contributed by atoms with van der Waals surface area (Å²) in [6.07, 6.45) is 6.88. The Labute approximate surface area is 386 Å². The average molecular weight is 865 g/mol. The first-order valence-electron chi connectivity index (χ1n) is 22.6. The Hall–Kier alpha value is -6.85. The van der Waals surface area contributed by atoms with E-state index in [1.807, 2.05) is 62.4 Å². The van der Waals surface area contributed by atoms with Crippen LogP contribution in [0.4, 0.5) is 13.2 Å². The largest absolute Gasteiger partial charge is 0.573 e. The molecule has 330 valence electrons. The van der Waals surface area contributed by atoms with Crippen LogP contribution in [0.2, 0.25) is 0 Å². The molecule has 6 rings (SSSR count). The molecule has 65 heavy (non-hydrogen) atoms. The zero-order valence-electron chi connectivity index (χ0n) is 39.0. The molecule has 1 nitrogen and oxygen atoms in total. The molecule has 0 heterocycles. The predicted octanol–water partition coefficient (Wildman–Crippen LogP) is 15.4. The maximum Gasteiger partial charge on any atom is 0.573 e. The molecule has 0 amide bonds. The lowest BCUT2D eigenvalue weighted by atomic mass is 9.94. The minimum atomic E-state index is -4.82.